The Morgan fingerprint density at radius 2 is 1.80 bits per heavy atom. The van der Waals surface area contributed by atoms with Gasteiger partial charge in [-0.15, -0.1) is 5.10 Å². The molecule has 1 aliphatic carbocycles. The van der Waals surface area contributed by atoms with Crippen LogP contribution in [0, 0.1) is 11.3 Å². The topological polar surface area (TPSA) is 74.8 Å². The van der Waals surface area contributed by atoms with Crippen LogP contribution in [-0.2, 0) is 12.1 Å². The molecule has 1 aromatic heterocycles. The normalized spacial score (nSPS) is 18.2. The van der Waals surface area contributed by atoms with E-state index < -0.39 is 0 Å². The van der Waals surface area contributed by atoms with Crippen molar-refractivity contribution in [1.82, 2.24) is 19.9 Å². The van der Waals surface area contributed by atoms with E-state index in [1.165, 1.54) is 24.8 Å². The van der Waals surface area contributed by atoms with Gasteiger partial charge in [-0.25, -0.2) is 4.68 Å². The van der Waals surface area contributed by atoms with E-state index in [1.54, 1.807) is 10.7 Å². The Bertz CT molecular complexity index is 1140. The van der Waals surface area contributed by atoms with E-state index in [-0.39, 0.29) is 11.3 Å². The minimum absolute atomic E-state index is 0.114. The molecule has 0 radical (unpaired) electrons. The van der Waals surface area contributed by atoms with Crippen LogP contribution in [0.3, 0.4) is 0 Å². The van der Waals surface area contributed by atoms with E-state index in [2.05, 4.69) is 27.3 Å². The standard InChI is InChI=1S/C24H23N5O/c25-14-18-8-2-5-11-22(18)29-16-19(26-27-29)15-28-17-23(30)20-9-3-4-10-21(20)24(28)12-6-1-7-13-24/h2-5,8-11,16H,1,6-7,12-13,15,17H2. The third-order valence-corrected chi connectivity index (χ3v) is 6.51. The van der Waals surface area contributed by atoms with Gasteiger partial charge in [-0.05, 0) is 30.5 Å². The lowest BCUT2D eigenvalue weighted by atomic mass is 9.71. The van der Waals surface area contributed by atoms with E-state index in [0.717, 1.165) is 24.1 Å². The van der Waals surface area contributed by atoms with Crippen molar-refractivity contribution in [3.63, 3.8) is 0 Å². The van der Waals surface area contributed by atoms with Crippen LogP contribution < -0.4 is 0 Å². The van der Waals surface area contributed by atoms with E-state index in [0.29, 0.717) is 24.3 Å². The monoisotopic (exact) mass is 397 g/mol. The van der Waals surface area contributed by atoms with Crippen molar-refractivity contribution in [1.29, 1.82) is 5.26 Å². The Kier molecular flexibility index (Phi) is 4.68. The highest BCUT2D eigenvalue weighted by molar-refractivity contribution is 6.00. The molecular weight excluding hydrogens is 374 g/mol. The zero-order valence-electron chi connectivity index (χ0n) is 16.8. The Morgan fingerprint density at radius 3 is 2.63 bits per heavy atom. The number of nitriles is 1. The van der Waals surface area contributed by atoms with Crippen molar-refractivity contribution in [3.05, 3.63) is 77.1 Å². The van der Waals surface area contributed by atoms with Crippen molar-refractivity contribution < 1.29 is 4.79 Å². The molecule has 0 saturated heterocycles. The van der Waals surface area contributed by atoms with Crippen LogP contribution in [0.5, 0.6) is 0 Å². The second kappa shape index (κ2) is 7.51. The lowest BCUT2D eigenvalue weighted by molar-refractivity contribution is 0.0272. The van der Waals surface area contributed by atoms with Gasteiger partial charge in [0, 0.05) is 17.6 Å². The molecule has 0 atom stereocenters. The molecule has 0 N–H and O–H groups in total. The van der Waals surface area contributed by atoms with Gasteiger partial charge >= 0.3 is 0 Å². The summed E-state index contributed by atoms with van der Waals surface area (Å²) in [6, 6.07) is 17.7. The number of rotatable bonds is 3. The van der Waals surface area contributed by atoms with Gasteiger partial charge in [0.05, 0.1) is 29.7 Å². The molecular formula is C24H23N5O. The smallest absolute Gasteiger partial charge is 0.177 e. The van der Waals surface area contributed by atoms with Gasteiger partial charge in [0.1, 0.15) is 6.07 Å². The van der Waals surface area contributed by atoms with Crippen molar-refractivity contribution in [2.75, 3.05) is 6.54 Å². The Hall–Kier alpha value is -3.30. The number of Topliss-reactive ketones (excluding diaryl/α,β-unsaturated/α-hetero) is 1. The molecule has 0 bridgehead atoms. The number of fused-ring (bicyclic) bond motifs is 2. The molecule has 0 unspecified atom stereocenters. The van der Waals surface area contributed by atoms with Crippen LogP contribution in [0.1, 0.15) is 59.3 Å². The molecule has 2 heterocycles. The fourth-order valence-electron chi connectivity index (χ4n) is 5.09. The molecule has 2 aromatic carbocycles. The second-order valence-electron chi connectivity index (χ2n) is 8.20. The van der Waals surface area contributed by atoms with Crippen LogP contribution >= 0.6 is 0 Å². The molecule has 6 nitrogen and oxygen atoms in total. The molecule has 5 rings (SSSR count). The molecule has 1 aliphatic heterocycles. The zero-order valence-corrected chi connectivity index (χ0v) is 16.8. The first-order valence-corrected chi connectivity index (χ1v) is 10.5. The molecule has 0 amide bonds. The summed E-state index contributed by atoms with van der Waals surface area (Å²) in [5.74, 6) is 0.170. The van der Waals surface area contributed by atoms with E-state index in [1.807, 2.05) is 42.6 Å². The molecule has 2 aliphatic rings. The lowest BCUT2D eigenvalue weighted by Gasteiger charge is -2.49. The van der Waals surface area contributed by atoms with Gasteiger partial charge in [-0.3, -0.25) is 9.69 Å². The highest BCUT2D eigenvalue weighted by atomic mass is 16.1. The summed E-state index contributed by atoms with van der Waals surface area (Å²) in [5, 5.41) is 18.0. The summed E-state index contributed by atoms with van der Waals surface area (Å²) in [6.45, 7) is 0.966. The average molecular weight is 397 g/mol. The van der Waals surface area contributed by atoms with Gasteiger partial charge in [0.2, 0.25) is 0 Å². The lowest BCUT2D eigenvalue weighted by Crippen LogP contribution is -2.53. The first-order chi connectivity index (χ1) is 14.7. The Morgan fingerprint density at radius 1 is 1.03 bits per heavy atom. The zero-order chi connectivity index (χ0) is 20.6. The maximum atomic E-state index is 12.9. The summed E-state index contributed by atoms with van der Waals surface area (Å²) < 4.78 is 1.65. The third kappa shape index (κ3) is 3.03. The predicted molar refractivity (Wildman–Crippen MR) is 112 cm³/mol. The van der Waals surface area contributed by atoms with Crippen molar-refractivity contribution in [2.24, 2.45) is 0 Å². The first-order valence-electron chi connectivity index (χ1n) is 10.5. The van der Waals surface area contributed by atoms with Crippen LogP contribution in [0.4, 0.5) is 0 Å². The number of hydrogen-bond donors (Lipinski definition) is 0. The van der Waals surface area contributed by atoms with Gasteiger partial charge in [0.25, 0.3) is 0 Å². The fraction of sp³-hybridized carbons (Fsp3) is 0.333. The number of aromatic nitrogens is 3. The van der Waals surface area contributed by atoms with Crippen molar-refractivity contribution in [3.8, 4) is 11.8 Å². The van der Waals surface area contributed by atoms with Crippen molar-refractivity contribution in [2.45, 2.75) is 44.2 Å². The van der Waals surface area contributed by atoms with Gasteiger partial charge in [0.15, 0.2) is 5.78 Å². The third-order valence-electron chi connectivity index (χ3n) is 6.51. The number of benzene rings is 2. The number of nitrogens with zero attached hydrogens (tertiary/aromatic N) is 5. The number of ketones is 1. The number of hydrogen-bond acceptors (Lipinski definition) is 5. The van der Waals surface area contributed by atoms with E-state index in [4.69, 9.17) is 0 Å². The molecule has 6 heteroatoms. The maximum absolute atomic E-state index is 12.9. The number of carbonyl (C=O) groups is 1. The summed E-state index contributed by atoms with van der Waals surface area (Å²) in [4.78, 5) is 15.2. The average Bonchev–Trinajstić information content (AvgIpc) is 3.26. The summed E-state index contributed by atoms with van der Waals surface area (Å²) >= 11 is 0. The molecule has 1 saturated carbocycles. The summed E-state index contributed by atoms with van der Waals surface area (Å²) in [5.41, 5.74) is 4.01. The molecule has 1 spiro atoms. The number of para-hydroxylation sites is 1. The first kappa shape index (κ1) is 18.7. The Labute approximate surface area is 175 Å². The summed E-state index contributed by atoms with van der Waals surface area (Å²) in [6.07, 6.45) is 7.57. The largest absolute Gasteiger partial charge is 0.293 e. The maximum Gasteiger partial charge on any atom is 0.177 e. The quantitative estimate of drug-likeness (QED) is 0.668. The van der Waals surface area contributed by atoms with E-state index in [9.17, 15) is 10.1 Å². The highest BCUT2D eigenvalue weighted by Crippen LogP contribution is 2.46. The Balaban J connectivity index is 1.50. The van der Waals surface area contributed by atoms with Gasteiger partial charge < -0.3 is 0 Å². The van der Waals surface area contributed by atoms with Crippen LogP contribution in [-0.4, -0.2) is 32.2 Å². The fourth-order valence-corrected chi connectivity index (χ4v) is 5.09. The van der Waals surface area contributed by atoms with Crippen LogP contribution in [0.25, 0.3) is 5.69 Å². The van der Waals surface area contributed by atoms with Gasteiger partial charge in [-0.1, -0.05) is 60.9 Å². The number of carbonyl (C=O) groups excluding carboxylic acids is 1. The second-order valence-corrected chi connectivity index (χ2v) is 8.20. The van der Waals surface area contributed by atoms with Crippen LogP contribution in [0.15, 0.2) is 54.7 Å². The molecule has 1 fully saturated rings. The minimum Gasteiger partial charge on any atom is -0.293 e. The molecule has 150 valence electrons. The highest BCUT2D eigenvalue weighted by Gasteiger charge is 2.45. The van der Waals surface area contributed by atoms with Gasteiger partial charge in [-0.2, -0.15) is 5.26 Å². The minimum atomic E-state index is -0.114. The summed E-state index contributed by atoms with van der Waals surface area (Å²) in [7, 11) is 0. The van der Waals surface area contributed by atoms with Crippen molar-refractivity contribution >= 4 is 5.78 Å². The molecule has 3 aromatic rings. The molecule has 30 heavy (non-hydrogen) atoms. The SMILES string of the molecule is N#Cc1ccccc1-n1cc(CN2CC(=O)c3ccccc3C23CCCCC3)nn1. The van der Waals surface area contributed by atoms with E-state index >= 15 is 0 Å². The predicted octanol–water partition coefficient (Wildman–Crippen LogP) is 4.00. The van der Waals surface area contributed by atoms with Crippen LogP contribution in [0.2, 0.25) is 0 Å².